The maximum Gasteiger partial charge on any atom is 0.252 e. The normalized spacial score (nSPS) is 24.6. The van der Waals surface area contributed by atoms with E-state index in [2.05, 4.69) is 5.32 Å². The van der Waals surface area contributed by atoms with Crippen LogP contribution >= 0.6 is 0 Å². The van der Waals surface area contributed by atoms with Gasteiger partial charge in [-0.2, -0.15) is 0 Å². The van der Waals surface area contributed by atoms with E-state index in [1.165, 1.54) is 0 Å². The molecule has 1 N–H and O–H groups in total. The van der Waals surface area contributed by atoms with Gasteiger partial charge in [-0.1, -0.05) is 49.2 Å². The van der Waals surface area contributed by atoms with Gasteiger partial charge in [0.05, 0.1) is 6.10 Å². The molecule has 0 bridgehead atoms. The lowest BCUT2D eigenvalue weighted by atomic mass is 10.0. The Morgan fingerprint density at radius 3 is 2.72 bits per heavy atom. The molecule has 3 unspecified atom stereocenters. The molecule has 0 spiro atoms. The van der Waals surface area contributed by atoms with Crippen molar-refractivity contribution >= 4 is 28.4 Å². The summed E-state index contributed by atoms with van der Waals surface area (Å²) in [6, 6.07) is 12.2. The lowest BCUT2D eigenvalue weighted by Crippen LogP contribution is -2.52. The number of ketones is 1. The molecule has 3 atom stereocenters. The van der Waals surface area contributed by atoms with E-state index in [4.69, 9.17) is 4.74 Å². The molecule has 2 amide bonds. The maximum atomic E-state index is 13.3. The van der Waals surface area contributed by atoms with Crippen molar-refractivity contribution in [3.8, 4) is 0 Å². The summed E-state index contributed by atoms with van der Waals surface area (Å²) in [5, 5.41) is 4.84. The minimum absolute atomic E-state index is 0.0357. The fourth-order valence-electron chi connectivity index (χ4n) is 4.61. The van der Waals surface area contributed by atoms with E-state index >= 15 is 0 Å². The quantitative estimate of drug-likeness (QED) is 0.847. The van der Waals surface area contributed by atoms with E-state index in [1.807, 2.05) is 36.4 Å². The number of carbonyl (C=O) groups is 3. The molecule has 5 rings (SSSR count). The Bertz CT molecular complexity index is 979. The van der Waals surface area contributed by atoms with Crippen LogP contribution < -0.4 is 5.32 Å². The number of hydrogen-bond acceptors (Lipinski definition) is 4. The van der Waals surface area contributed by atoms with Crippen molar-refractivity contribution in [1.29, 1.82) is 0 Å². The molecule has 2 aromatic rings. The Labute approximate surface area is 169 Å². The average molecular weight is 392 g/mol. The van der Waals surface area contributed by atoms with Crippen LogP contribution in [0.15, 0.2) is 42.5 Å². The Hall–Kier alpha value is -2.73. The predicted molar refractivity (Wildman–Crippen MR) is 107 cm³/mol. The van der Waals surface area contributed by atoms with Gasteiger partial charge in [0.2, 0.25) is 5.91 Å². The fourth-order valence-corrected chi connectivity index (χ4v) is 4.61. The Kier molecular flexibility index (Phi) is 4.59. The van der Waals surface area contributed by atoms with Crippen LogP contribution in [0, 0.1) is 5.92 Å². The summed E-state index contributed by atoms with van der Waals surface area (Å²) in [6.45, 7) is 0.583. The van der Waals surface area contributed by atoms with Gasteiger partial charge in [-0.05, 0) is 35.6 Å². The number of likely N-dealkylation sites (tertiary alicyclic amines) is 1. The number of Topliss-reactive ketones (excluding diaryl/α,β-unsaturated/α-hetero) is 1. The third kappa shape index (κ3) is 3.42. The second-order valence-electron chi connectivity index (χ2n) is 8.31. The van der Waals surface area contributed by atoms with Gasteiger partial charge >= 0.3 is 0 Å². The zero-order valence-electron chi connectivity index (χ0n) is 16.2. The van der Waals surface area contributed by atoms with Gasteiger partial charge in [0, 0.05) is 12.1 Å². The van der Waals surface area contributed by atoms with Crippen LogP contribution in [0.5, 0.6) is 0 Å². The Morgan fingerprint density at radius 2 is 1.90 bits per heavy atom. The zero-order valence-corrected chi connectivity index (χ0v) is 16.2. The highest BCUT2D eigenvalue weighted by molar-refractivity contribution is 6.08. The number of nitrogens with one attached hydrogen (secondary N) is 1. The van der Waals surface area contributed by atoms with Gasteiger partial charge in [0.15, 0.2) is 5.78 Å². The first-order valence-corrected chi connectivity index (χ1v) is 10.4. The topological polar surface area (TPSA) is 75.7 Å². The Morgan fingerprint density at radius 1 is 1.10 bits per heavy atom. The summed E-state index contributed by atoms with van der Waals surface area (Å²) in [5.41, 5.74) is 0.566. The van der Waals surface area contributed by atoms with Gasteiger partial charge in [-0.25, -0.2) is 0 Å². The summed E-state index contributed by atoms with van der Waals surface area (Å²) >= 11 is 0. The van der Waals surface area contributed by atoms with Gasteiger partial charge in [0.1, 0.15) is 18.7 Å². The predicted octanol–water partition coefficient (Wildman–Crippen LogP) is 2.31. The number of carbonyl (C=O) groups excluding carboxylic acids is 3. The second-order valence-corrected chi connectivity index (χ2v) is 8.31. The van der Waals surface area contributed by atoms with E-state index in [1.54, 1.807) is 11.0 Å². The maximum absolute atomic E-state index is 13.3. The minimum atomic E-state index is -0.610. The number of rotatable bonds is 5. The smallest absolute Gasteiger partial charge is 0.252 e. The first-order valence-electron chi connectivity index (χ1n) is 10.4. The summed E-state index contributed by atoms with van der Waals surface area (Å²) in [7, 11) is 0. The summed E-state index contributed by atoms with van der Waals surface area (Å²) in [5.74, 6) is 0.0273. The minimum Gasteiger partial charge on any atom is -0.368 e. The first-order chi connectivity index (χ1) is 14.1. The largest absolute Gasteiger partial charge is 0.368 e. The van der Waals surface area contributed by atoms with Crippen molar-refractivity contribution in [3.63, 3.8) is 0 Å². The standard InChI is InChI=1S/C23H24N2O4/c26-19-13-29-20-10-11-25(21(19)20)23(28)18(12-14-8-9-14)24-22(27)17-7-3-5-15-4-1-2-6-16(15)17/h1-7,14,18,20-21H,8-13H2,(H,24,27). The third-order valence-corrected chi connectivity index (χ3v) is 6.30. The third-order valence-electron chi connectivity index (χ3n) is 6.30. The molecule has 6 heteroatoms. The van der Waals surface area contributed by atoms with Gasteiger partial charge in [-0.15, -0.1) is 0 Å². The number of nitrogens with zero attached hydrogens (tertiary/aromatic N) is 1. The van der Waals surface area contributed by atoms with E-state index in [-0.39, 0.29) is 30.3 Å². The molecule has 3 aliphatic rings. The molecule has 6 nitrogen and oxygen atoms in total. The monoisotopic (exact) mass is 392 g/mol. The van der Waals surface area contributed by atoms with E-state index in [0.717, 1.165) is 23.6 Å². The number of hydrogen-bond donors (Lipinski definition) is 1. The van der Waals surface area contributed by atoms with Crippen LogP contribution in [0.25, 0.3) is 10.8 Å². The van der Waals surface area contributed by atoms with Crippen molar-refractivity contribution in [2.75, 3.05) is 13.2 Å². The summed E-state index contributed by atoms with van der Waals surface area (Å²) in [4.78, 5) is 40.3. The van der Waals surface area contributed by atoms with Gasteiger partial charge < -0.3 is 15.0 Å². The second kappa shape index (κ2) is 7.26. The zero-order chi connectivity index (χ0) is 20.0. The van der Waals surface area contributed by atoms with Crippen LogP contribution in [-0.2, 0) is 14.3 Å². The van der Waals surface area contributed by atoms with E-state index in [0.29, 0.717) is 30.9 Å². The highest BCUT2D eigenvalue weighted by Gasteiger charge is 2.48. The van der Waals surface area contributed by atoms with Crippen LogP contribution in [0.3, 0.4) is 0 Å². The highest BCUT2D eigenvalue weighted by Crippen LogP contribution is 2.35. The molecular formula is C23H24N2O4. The molecule has 3 fully saturated rings. The number of benzene rings is 2. The molecule has 150 valence electrons. The molecule has 1 aliphatic carbocycles. The van der Waals surface area contributed by atoms with Crippen LogP contribution in [0.2, 0.25) is 0 Å². The Balaban J connectivity index is 1.39. The SMILES string of the molecule is O=C(NC(CC1CC1)C(=O)N1CCC2OCC(=O)C21)c1cccc2ccccc12. The lowest BCUT2D eigenvalue weighted by Gasteiger charge is -2.27. The summed E-state index contributed by atoms with van der Waals surface area (Å²) < 4.78 is 5.51. The van der Waals surface area contributed by atoms with E-state index in [9.17, 15) is 14.4 Å². The van der Waals surface area contributed by atoms with Crippen molar-refractivity contribution in [3.05, 3.63) is 48.0 Å². The van der Waals surface area contributed by atoms with Crippen LogP contribution in [0.1, 0.15) is 36.0 Å². The fraction of sp³-hybridized carbons (Fsp3) is 0.435. The lowest BCUT2D eigenvalue weighted by molar-refractivity contribution is -0.138. The highest BCUT2D eigenvalue weighted by atomic mass is 16.5. The molecule has 0 radical (unpaired) electrons. The number of amides is 2. The molecular weight excluding hydrogens is 368 g/mol. The molecule has 2 aromatic carbocycles. The molecule has 2 saturated heterocycles. The summed E-state index contributed by atoms with van der Waals surface area (Å²) in [6.07, 6.45) is 3.28. The average Bonchev–Trinajstić information content (AvgIpc) is 3.33. The van der Waals surface area contributed by atoms with Gasteiger partial charge in [0.25, 0.3) is 5.91 Å². The molecule has 1 saturated carbocycles. The number of ether oxygens (including phenoxy) is 1. The van der Waals surface area contributed by atoms with Crippen LogP contribution in [0.4, 0.5) is 0 Å². The molecule has 0 aromatic heterocycles. The van der Waals surface area contributed by atoms with Crippen LogP contribution in [-0.4, -0.2) is 53.8 Å². The molecule has 29 heavy (non-hydrogen) atoms. The van der Waals surface area contributed by atoms with Crippen molar-refractivity contribution in [2.45, 2.75) is 43.9 Å². The molecule has 2 heterocycles. The van der Waals surface area contributed by atoms with Crippen molar-refractivity contribution < 1.29 is 19.1 Å². The molecule has 2 aliphatic heterocycles. The number of fused-ring (bicyclic) bond motifs is 2. The first kappa shape index (κ1) is 18.3. The van der Waals surface area contributed by atoms with Crippen molar-refractivity contribution in [1.82, 2.24) is 10.2 Å². The van der Waals surface area contributed by atoms with Crippen molar-refractivity contribution in [2.24, 2.45) is 5.92 Å². The van der Waals surface area contributed by atoms with E-state index < -0.39 is 12.1 Å². The van der Waals surface area contributed by atoms with Gasteiger partial charge in [-0.3, -0.25) is 14.4 Å².